The predicted molar refractivity (Wildman–Crippen MR) is 142 cm³/mol. The Bertz CT molecular complexity index is 1350. The number of benzene rings is 3. The maximum Gasteiger partial charge on any atom is 0.235 e. The molecule has 4 aliphatic rings. The zero-order valence-electron chi connectivity index (χ0n) is 18.6. The van der Waals surface area contributed by atoms with E-state index in [4.69, 9.17) is 34.8 Å². The molecule has 0 spiro atoms. The number of hydrogen-bond donors (Lipinski definition) is 1. The van der Waals surface area contributed by atoms with Crippen LogP contribution in [-0.2, 0) is 24.1 Å². The number of carbonyl (C=O) groups excluding carboxylic acids is 3. The minimum Gasteiger partial charge on any atom is -0.325 e. The summed E-state index contributed by atoms with van der Waals surface area (Å²) in [5, 5.41) is 3.11. The van der Waals surface area contributed by atoms with Crippen molar-refractivity contribution in [3.05, 3.63) is 98.5 Å². The number of hydrogen-bond acceptors (Lipinski definition) is 3. The van der Waals surface area contributed by atoms with Crippen molar-refractivity contribution in [2.45, 2.75) is 16.2 Å². The maximum atomic E-state index is 13.8. The van der Waals surface area contributed by atoms with E-state index in [0.717, 1.165) is 31.6 Å². The average molecular weight is 605 g/mol. The lowest BCUT2D eigenvalue weighted by Gasteiger charge is -2.54. The second kappa shape index (κ2) is 8.32. The maximum absolute atomic E-state index is 13.8. The monoisotopic (exact) mass is 602 g/mol. The van der Waals surface area contributed by atoms with Gasteiger partial charge < -0.3 is 5.32 Å². The number of amides is 3. The number of halogens is 4. The number of carbonyl (C=O) groups is 3. The van der Waals surface area contributed by atoms with Gasteiger partial charge in [0.25, 0.3) is 0 Å². The molecule has 2 atom stereocenters. The number of imide groups is 1. The molecule has 1 fully saturated rings. The highest BCUT2D eigenvalue weighted by molar-refractivity contribution is 9.10. The van der Waals surface area contributed by atoms with E-state index in [-0.39, 0.29) is 18.9 Å². The van der Waals surface area contributed by atoms with Gasteiger partial charge in [-0.25, -0.2) is 0 Å². The van der Waals surface area contributed by atoms with Crippen LogP contribution in [0.3, 0.4) is 0 Å². The van der Waals surface area contributed by atoms with Crippen LogP contribution in [0.4, 0.5) is 5.69 Å². The smallest absolute Gasteiger partial charge is 0.235 e. The van der Waals surface area contributed by atoms with E-state index < -0.39 is 33.4 Å². The summed E-state index contributed by atoms with van der Waals surface area (Å²) >= 11 is 24.3. The molecule has 9 heteroatoms. The lowest BCUT2D eigenvalue weighted by molar-refractivity contribution is -0.140. The first-order valence-corrected chi connectivity index (χ1v) is 13.3. The zero-order valence-corrected chi connectivity index (χ0v) is 22.5. The number of nitrogens with one attached hydrogen (secondary N) is 1. The van der Waals surface area contributed by atoms with Gasteiger partial charge in [0.1, 0.15) is 9.75 Å². The Balaban J connectivity index is 1.33. The molecule has 0 radical (unpaired) electrons. The molecule has 36 heavy (non-hydrogen) atoms. The summed E-state index contributed by atoms with van der Waals surface area (Å²) in [6.07, 6.45) is -0.0895. The van der Waals surface area contributed by atoms with Gasteiger partial charge in [0.15, 0.2) is 0 Å². The summed E-state index contributed by atoms with van der Waals surface area (Å²) in [4.78, 5) is 38.9. The number of likely N-dealkylation sites (tertiary alicyclic amines) is 1. The normalized spacial score (nSPS) is 27.5. The molecule has 1 aliphatic heterocycles. The van der Waals surface area contributed by atoms with E-state index in [9.17, 15) is 14.4 Å². The van der Waals surface area contributed by atoms with Crippen molar-refractivity contribution in [1.29, 1.82) is 0 Å². The fourth-order valence-corrected chi connectivity index (χ4v) is 7.78. The second-order valence-electron chi connectivity index (χ2n) is 9.22. The molecule has 3 amide bonds. The molecule has 0 unspecified atom stereocenters. The molecule has 1 heterocycles. The Morgan fingerprint density at radius 3 is 1.78 bits per heavy atom. The van der Waals surface area contributed by atoms with Gasteiger partial charge in [-0.3, -0.25) is 19.3 Å². The van der Waals surface area contributed by atoms with Crippen molar-refractivity contribution in [3.63, 3.8) is 0 Å². The van der Waals surface area contributed by atoms with Crippen molar-refractivity contribution < 1.29 is 14.4 Å². The molecule has 0 aromatic heterocycles. The lowest BCUT2D eigenvalue weighted by atomic mass is 9.54. The highest BCUT2D eigenvalue weighted by Crippen LogP contribution is 2.69. The molecular formula is C27H18BrCl3N2O3. The molecule has 3 aliphatic carbocycles. The molecule has 7 rings (SSSR count). The van der Waals surface area contributed by atoms with E-state index in [1.54, 1.807) is 18.2 Å². The molecule has 1 saturated heterocycles. The van der Waals surface area contributed by atoms with Gasteiger partial charge in [-0.15, -0.1) is 23.2 Å². The van der Waals surface area contributed by atoms with Crippen molar-refractivity contribution in [1.82, 2.24) is 4.90 Å². The largest absolute Gasteiger partial charge is 0.325 e. The minimum atomic E-state index is -1.23. The van der Waals surface area contributed by atoms with Crippen LogP contribution in [0, 0.1) is 11.8 Å². The molecule has 2 bridgehead atoms. The van der Waals surface area contributed by atoms with Crippen LogP contribution in [0.5, 0.6) is 0 Å². The Labute approximate surface area is 230 Å². The van der Waals surface area contributed by atoms with Crippen LogP contribution in [0.25, 0.3) is 0 Å². The third-order valence-electron chi connectivity index (χ3n) is 7.44. The molecule has 3 aromatic carbocycles. The van der Waals surface area contributed by atoms with Crippen LogP contribution in [0.15, 0.2) is 71.2 Å². The van der Waals surface area contributed by atoms with Crippen molar-refractivity contribution in [2.75, 3.05) is 11.9 Å². The fraction of sp³-hybridized carbons (Fsp3) is 0.222. The summed E-state index contributed by atoms with van der Waals surface area (Å²) < 4.78 is 0.781. The number of anilines is 1. The van der Waals surface area contributed by atoms with E-state index >= 15 is 0 Å². The summed E-state index contributed by atoms with van der Waals surface area (Å²) in [6, 6.07) is 20.0. The van der Waals surface area contributed by atoms with Crippen LogP contribution < -0.4 is 5.32 Å². The van der Waals surface area contributed by atoms with E-state index in [1.165, 1.54) is 0 Å². The topological polar surface area (TPSA) is 66.5 Å². The van der Waals surface area contributed by atoms with E-state index in [1.807, 2.05) is 48.5 Å². The van der Waals surface area contributed by atoms with Crippen molar-refractivity contribution in [2.24, 2.45) is 11.8 Å². The molecule has 1 N–H and O–H groups in total. The molecule has 182 valence electrons. The first kappa shape index (κ1) is 24.0. The van der Waals surface area contributed by atoms with Crippen LogP contribution in [0.2, 0.25) is 5.02 Å². The predicted octanol–water partition coefficient (Wildman–Crippen LogP) is 6.02. The summed E-state index contributed by atoms with van der Waals surface area (Å²) in [6.45, 7) is -0.0860. The average Bonchev–Trinajstić information content (AvgIpc) is 3.13. The van der Waals surface area contributed by atoms with Gasteiger partial charge in [-0.1, -0.05) is 76.1 Å². The number of rotatable bonds is 4. The standard InChI is InChI=1S/C27H18BrCl3N2O3/c28-14-9-10-20(19(29)13-14)32-21(34)11-12-33-24(35)22-23(25(33)36)27(31)16-6-2-1-5-15(16)26(22,30)17-7-3-4-8-18(17)27/h1-10,13,22-23H,11-12H2,(H,32,34)/t22-,23-,26?,27?/m0/s1. The SMILES string of the molecule is O=C(CCN1C(=O)[C@@H]2[C@@H](C1=O)C1(Cl)c3ccccc3C2(Cl)c2ccccc21)Nc1ccc(Br)cc1Cl. The highest BCUT2D eigenvalue weighted by atomic mass is 79.9. The Morgan fingerprint density at radius 2 is 1.33 bits per heavy atom. The Kier molecular flexibility index (Phi) is 5.54. The molecular weight excluding hydrogens is 587 g/mol. The zero-order chi connectivity index (χ0) is 25.4. The van der Waals surface area contributed by atoms with Gasteiger partial charge in [0.2, 0.25) is 17.7 Å². The summed E-state index contributed by atoms with van der Waals surface area (Å²) in [5.74, 6) is -2.95. The van der Waals surface area contributed by atoms with Gasteiger partial charge in [0, 0.05) is 17.4 Å². The number of nitrogens with zero attached hydrogens (tertiary/aromatic N) is 1. The summed E-state index contributed by atoms with van der Waals surface area (Å²) in [7, 11) is 0. The first-order valence-electron chi connectivity index (χ1n) is 11.4. The lowest BCUT2D eigenvalue weighted by Crippen LogP contribution is -2.57. The van der Waals surface area contributed by atoms with Crippen molar-refractivity contribution >= 4 is 74.1 Å². The van der Waals surface area contributed by atoms with Crippen LogP contribution >= 0.6 is 50.7 Å². The fourth-order valence-electron chi connectivity index (χ4n) is 5.96. The number of alkyl halides is 2. The van der Waals surface area contributed by atoms with Gasteiger partial charge in [-0.05, 0) is 40.5 Å². The molecule has 3 aromatic rings. The Hall–Kier alpha value is -2.38. The molecule has 0 saturated carbocycles. The molecule has 5 nitrogen and oxygen atoms in total. The van der Waals surface area contributed by atoms with Crippen LogP contribution in [-0.4, -0.2) is 29.2 Å². The van der Waals surface area contributed by atoms with E-state index in [2.05, 4.69) is 21.2 Å². The third-order valence-corrected chi connectivity index (χ3v) is 9.53. The second-order valence-corrected chi connectivity index (χ2v) is 11.7. The van der Waals surface area contributed by atoms with Gasteiger partial charge >= 0.3 is 0 Å². The highest BCUT2D eigenvalue weighted by Gasteiger charge is 2.72. The van der Waals surface area contributed by atoms with Gasteiger partial charge in [0.05, 0.1) is 22.5 Å². The Morgan fingerprint density at radius 1 is 0.861 bits per heavy atom. The van der Waals surface area contributed by atoms with E-state index in [0.29, 0.717) is 10.7 Å². The quantitative estimate of drug-likeness (QED) is 0.293. The van der Waals surface area contributed by atoms with Gasteiger partial charge in [-0.2, -0.15) is 0 Å². The third kappa shape index (κ3) is 3.11. The summed E-state index contributed by atoms with van der Waals surface area (Å²) in [5.41, 5.74) is 3.42. The first-order chi connectivity index (χ1) is 17.2. The van der Waals surface area contributed by atoms with Crippen LogP contribution in [0.1, 0.15) is 28.7 Å². The van der Waals surface area contributed by atoms with Crippen molar-refractivity contribution in [3.8, 4) is 0 Å². The minimum absolute atomic E-state index is 0.0860.